The summed E-state index contributed by atoms with van der Waals surface area (Å²) in [5.41, 5.74) is 0. The number of thiophene rings is 1. The Labute approximate surface area is 109 Å². The van der Waals surface area contributed by atoms with Gasteiger partial charge in [-0.25, -0.2) is 0 Å². The lowest BCUT2D eigenvalue weighted by Gasteiger charge is -2.14. The third-order valence-corrected chi connectivity index (χ3v) is 4.87. The van der Waals surface area contributed by atoms with Crippen LogP contribution in [0.4, 0.5) is 0 Å². The summed E-state index contributed by atoms with van der Waals surface area (Å²) in [7, 11) is 0. The first-order valence-corrected chi connectivity index (χ1v) is 7.33. The molecule has 0 saturated heterocycles. The lowest BCUT2D eigenvalue weighted by atomic mass is 10.1. The van der Waals surface area contributed by atoms with Crippen LogP contribution in [-0.4, -0.2) is 6.04 Å². The van der Waals surface area contributed by atoms with E-state index in [1.165, 1.54) is 24.1 Å². The van der Waals surface area contributed by atoms with Gasteiger partial charge in [-0.05, 0) is 34.8 Å². The predicted molar refractivity (Wildman–Crippen MR) is 72.9 cm³/mol. The molecule has 1 aromatic rings. The van der Waals surface area contributed by atoms with Crippen molar-refractivity contribution in [3.05, 3.63) is 19.8 Å². The first kappa shape index (κ1) is 13.5. The Bertz CT molecular complexity index is 281. The van der Waals surface area contributed by atoms with Crippen LogP contribution in [0.2, 0.25) is 4.34 Å². The number of nitrogens with one attached hydrogen (secondary N) is 1. The van der Waals surface area contributed by atoms with Crippen molar-refractivity contribution in [3.63, 3.8) is 0 Å². The van der Waals surface area contributed by atoms with Crippen LogP contribution in [-0.2, 0) is 6.54 Å². The fraction of sp³-hybridized carbons (Fsp3) is 0.636. The molecule has 1 N–H and O–H groups in total. The van der Waals surface area contributed by atoms with Crippen molar-refractivity contribution < 1.29 is 0 Å². The van der Waals surface area contributed by atoms with Gasteiger partial charge in [0.2, 0.25) is 0 Å². The first-order valence-electron chi connectivity index (χ1n) is 5.34. The van der Waals surface area contributed by atoms with E-state index in [4.69, 9.17) is 11.6 Å². The summed E-state index contributed by atoms with van der Waals surface area (Å²) < 4.78 is 1.85. The maximum atomic E-state index is 5.98. The van der Waals surface area contributed by atoms with Crippen molar-refractivity contribution >= 4 is 38.9 Å². The monoisotopic (exact) mass is 309 g/mol. The standard InChI is InChI=1S/C11H17BrClNS/c1-3-5-8(4-2)14-7-9-6-10(12)11(13)15-9/h6,8,14H,3-5,7H2,1-2H3. The maximum Gasteiger partial charge on any atom is 0.107 e. The summed E-state index contributed by atoms with van der Waals surface area (Å²) in [6, 6.07) is 2.73. The molecule has 1 rings (SSSR count). The number of rotatable bonds is 6. The molecule has 4 heteroatoms. The smallest absolute Gasteiger partial charge is 0.107 e. The van der Waals surface area contributed by atoms with Gasteiger partial charge in [0.15, 0.2) is 0 Å². The Balaban J connectivity index is 2.41. The Morgan fingerprint density at radius 3 is 2.73 bits per heavy atom. The van der Waals surface area contributed by atoms with Crippen LogP contribution in [0.3, 0.4) is 0 Å². The summed E-state index contributed by atoms with van der Waals surface area (Å²) in [6.07, 6.45) is 3.67. The third-order valence-electron chi connectivity index (χ3n) is 2.39. The normalized spacial score (nSPS) is 13.1. The molecule has 0 aliphatic heterocycles. The van der Waals surface area contributed by atoms with E-state index < -0.39 is 0 Å². The lowest BCUT2D eigenvalue weighted by Crippen LogP contribution is -2.27. The second kappa shape index (κ2) is 6.89. The fourth-order valence-electron chi connectivity index (χ4n) is 1.52. The SMILES string of the molecule is CCCC(CC)NCc1cc(Br)c(Cl)s1. The average molecular weight is 311 g/mol. The Hall–Kier alpha value is 0.430. The van der Waals surface area contributed by atoms with Gasteiger partial charge in [-0.3, -0.25) is 0 Å². The second-order valence-corrected chi connectivity index (χ2v) is 6.20. The molecule has 86 valence electrons. The van der Waals surface area contributed by atoms with Gasteiger partial charge in [0.1, 0.15) is 4.34 Å². The van der Waals surface area contributed by atoms with Crippen LogP contribution in [0.1, 0.15) is 38.0 Å². The topological polar surface area (TPSA) is 12.0 Å². The van der Waals surface area contributed by atoms with Gasteiger partial charge in [-0.15, -0.1) is 11.3 Å². The molecule has 0 saturated carbocycles. The van der Waals surface area contributed by atoms with Crippen molar-refractivity contribution in [3.8, 4) is 0 Å². The molecule has 1 atom stereocenters. The molecule has 1 heterocycles. The Morgan fingerprint density at radius 2 is 2.27 bits per heavy atom. The van der Waals surface area contributed by atoms with Gasteiger partial charge in [0.25, 0.3) is 0 Å². The van der Waals surface area contributed by atoms with Gasteiger partial charge < -0.3 is 5.32 Å². The molecule has 0 aliphatic rings. The van der Waals surface area contributed by atoms with Gasteiger partial charge in [0, 0.05) is 21.9 Å². The van der Waals surface area contributed by atoms with Gasteiger partial charge in [-0.1, -0.05) is 31.9 Å². The number of hydrogen-bond acceptors (Lipinski definition) is 2. The fourth-order valence-corrected chi connectivity index (χ4v) is 3.26. The molecule has 0 spiro atoms. The van der Waals surface area contributed by atoms with E-state index in [0.29, 0.717) is 6.04 Å². The summed E-state index contributed by atoms with van der Waals surface area (Å²) >= 11 is 11.0. The highest BCUT2D eigenvalue weighted by atomic mass is 79.9. The molecule has 1 unspecified atom stereocenters. The van der Waals surface area contributed by atoms with E-state index in [2.05, 4.69) is 41.2 Å². The quantitative estimate of drug-likeness (QED) is 0.793. The van der Waals surface area contributed by atoms with Crippen LogP contribution in [0.5, 0.6) is 0 Å². The molecule has 0 fully saturated rings. The van der Waals surface area contributed by atoms with E-state index in [1.54, 1.807) is 11.3 Å². The number of hydrogen-bond donors (Lipinski definition) is 1. The minimum absolute atomic E-state index is 0.634. The molecule has 0 bridgehead atoms. The highest BCUT2D eigenvalue weighted by molar-refractivity contribution is 9.10. The van der Waals surface area contributed by atoms with E-state index in [-0.39, 0.29) is 0 Å². The minimum atomic E-state index is 0.634. The van der Waals surface area contributed by atoms with Crippen LogP contribution >= 0.6 is 38.9 Å². The van der Waals surface area contributed by atoms with Crippen LogP contribution in [0.25, 0.3) is 0 Å². The lowest BCUT2D eigenvalue weighted by molar-refractivity contribution is 0.464. The highest BCUT2D eigenvalue weighted by Gasteiger charge is 2.07. The average Bonchev–Trinajstić information content (AvgIpc) is 2.53. The highest BCUT2D eigenvalue weighted by Crippen LogP contribution is 2.31. The molecule has 15 heavy (non-hydrogen) atoms. The molecule has 0 aliphatic carbocycles. The molecule has 0 amide bonds. The van der Waals surface area contributed by atoms with Crippen molar-refractivity contribution in [2.45, 2.75) is 45.7 Å². The molecular weight excluding hydrogens is 294 g/mol. The molecule has 0 radical (unpaired) electrons. The first-order chi connectivity index (χ1) is 7.17. The van der Waals surface area contributed by atoms with E-state index in [1.807, 2.05) is 0 Å². The van der Waals surface area contributed by atoms with Crippen molar-refractivity contribution in [1.29, 1.82) is 0 Å². The summed E-state index contributed by atoms with van der Waals surface area (Å²) in [5.74, 6) is 0. The van der Waals surface area contributed by atoms with Crippen molar-refractivity contribution in [1.82, 2.24) is 5.32 Å². The number of halogens is 2. The molecular formula is C11H17BrClNS. The summed E-state index contributed by atoms with van der Waals surface area (Å²) in [5, 5.41) is 3.56. The zero-order valence-electron chi connectivity index (χ0n) is 9.15. The Morgan fingerprint density at radius 1 is 1.53 bits per heavy atom. The third kappa shape index (κ3) is 4.43. The molecule has 1 nitrogen and oxygen atoms in total. The minimum Gasteiger partial charge on any atom is -0.309 e. The predicted octanol–water partition coefficient (Wildman–Crippen LogP) is 4.83. The zero-order chi connectivity index (χ0) is 11.3. The van der Waals surface area contributed by atoms with E-state index in [0.717, 1.165) is 15.4 Å². The van der Waals surface area contributed by atoms with Crippen LogP contribution < -0.4 is 5.32 Å². The van der Waals surface area contributed by atoms with Gasteiger partial charge in [0.05, 0.1) is 0 Å². The molecule has 0 aromatic carbocycles. The zero-order valence-corrected chi connectivity index (χ0v) is 12.3. The Kier molecular flexibility index (Phi) is 6.20. The van der Waals surface area contributed by atoms with Crippen molar-refractivity contribution in [2.24, 2.45) is 0 Å². The van der Waals surface area contributed by atoms with Gasteiger partial charge in [-0.2, -0.15) is 0 Å². The maximum absolute atomic E-state index is 5.98. The molecule has 1 aromatic heterocycles. The summed E-state index contributed by atoms with van der Waals surface area (Å²) in [4.78, 5) is 1.29. The van der Waals surface area contributed by atoms with Crippen LogP contribution in [0, 0.1) is 0 Å². The van der Waals surface area contributed by atoms with E-state index >= 15 is 0 Å². The largest absolute Gasteiger partial charge is 0.309 e. The van der Waals surface area contributed by atoms with Crippen LogP contribution in [0.15, 0.2) is 10.5 Å². The van der Waals surface area contributed by atoms with Crippen molar-refractivity contribution in [2.75, 3.05) is 0 Å². The van der Waals surface area contributed by atoms with Gasteiger partial charge >= 0.3 is 0 Å². The van der Waals surface area contributed by atoms with E-state index in [9.17, 15) is 0 Å². The summed E-state index contributed by atoms with van der Waals surface area (Å²) in [6.45, 7) is 5.38. The second-order valence-electron chi connectivity index (χ2n) is 3.61.